The Morgan fingerprint density at radius 1 is 1.11 bits per heavy atom. The summed E-state index contributed by atoms with van der Waals surface area (Å²) in [6.45, 7) is 4.58. The van der Waals surface area contributed by atoms with E-state index in [0.29, 0.717) is 24.6 Å². The van der Waals surface area contributed by atoms with Gasteiger partial charge in [0.1, 0.15) is 6.04 Å². The second-order valence-corrected chi connectivity index (χ2v) is 8.58. The second kappa shape index (κ2) is 6.97. The van der Waals surface area contributed by atoms with E-state index >= 15 is 0 Å². The van der Waals surface area contributed by atoms with E-state index in [-0.39, 0.29) is 24.1 Å². The molecule has 3 fully saturated rings. The number of piperidine rings is 3. The third-order valence-electron chi connectivity index (χ3n) is 6.67. The fourth-order valence-corrected chi connectivity index (χ4v) is 5.32. The Hall–Kier alpha value is -2.25. The van der Waals surface area contributed by atoms with Crippen molar-refractivity contribution >= 4 is 17.7 Å². The number of carbonyl (C=O) groups excluding carboxylic acids is 3. The lowest BCUT2D eigenvalue weighted by atomic mass is 9.87. The number of hydrogen-bond donors (Lipinski definition) is 2. The Labute approximate surface area is 164 Å². The van der Waals surface area contributed by atoms with Gasteiger partial charge in [0.2, 0.25) is 11.8 Å². The maximum atomic E-state index is 13.0. The van der Waals surface area contributed by atoms with Gasteiger partial charge >= 0.3 is 0 Å². The molecular formula is C21H26N4O3. The van der Waals surface area contributed by atoms with Crippen LogP contribution in [0.2, 0.25) is 0 Å². The minimum absolute atomic E-state index is 0.0940. The lowest BCUT2D eigenvalue weighted by Crippen LogP contribution is -2.53. The highest BCUT2D eigenvalue weighted by molar-refractivity contribution is 6.05. The zero-order valence-corrected chi connectivity index (χ0v) is 15.9. The predicted octanol–water partition coefficient (Wildman–Crippen LogP) is 0.631. The topological polar surface area (TPSA) is 81.8 Å². The van der Waals surface area contributed by atoms with Gasteiger partial charge in [-0.25, -0.2) is 0 Å². The largest absolute Gasteiger partial charge is 0.322 e. The minimum atomic E-state index is -0.552. The number of imide groups is 1. The van der Waals surface area contributed by atoms with Gasteiger partial charge in [-0.15, -0.1) is 0 Å². The summed E-state index contributed by atoms with van der Waals surface area (Å²) >= 11 is 0. The van der Waals surface area contributed by atoms with E-state index in [1.165, 1.54) is 18.4 Å². The maximum Gasteiger partial charge on any atom is 0.255 e. The molecule has 7 heteroatoms. The van der Waals surface area contributed by atoms with Gasteiger partial charge in [-0.1, -0.05) is 12.1 Å². The quantitative estimate of drug-likeness (QED) is 0.750. The standard InChI is InChI=1S/C21H26N4O3/c26-19-5-4-18(20(27)23-19)25-12-17-14(2-1-3-16(17)21(25)28)10-24-9-13-6-7-22-15(8-13)11-24/h1-3,13,15,18,22H,4-12H2,(H,23,26,27). The fourth-order valence-electron chi connectivity index (χ4n) is 5.32. The Kier molecular flexibility index (Phi) is 4.44. The molecule has 5 rings (SSSR count). The van der Waals surface area contributed by atoms with Crippen molar-refractivity contribution < 1.29 is 14.4 Å². The van der Waals surface area contributed by atoms with Gasteiger partial charge in [0, 0.05) is 44.2 Å². The van der Waals surface area contributed by atoms with Crippen molar-refractivity contribution in [2.45, 2.75) is 50.9 Å². The Morgan fingerprint density at radius 2 is 2.00 bits per heavy atom. The molecule has 2 N–H and O–H groups in total. The van der Waals surface area contributed by atoms with Crippen molar-refractivity contribution in [2.75, 3.05) is 19.6 Å². The van der Waals surface area contributed by atoms with Crippen LogP contribution in [0.3, 0.4) is 0 Å². The lowest BCUT2D eigenvalue weighted by molar-refractivity contribution is -0.136. The molecule has 3 atom stereocenters. The van der Waals surface area contributed by atoms with Gasteiger partial charge in [0.15, 0.2) is 0 Å². The summed E-state index contributed by atoms with van der Waals surface area (Å²) in [5.41, 5.74) is 2.93. The highest BCUT2D eigenvalue weighted by Crippen LogP contribution is 2.31. The van der Waals surface area contributed by atoms with Crippen molar-refractivity contribution in [1.82, 2.24) is 20.4 Å². The summed E-state index contributed by atoms with van der Waals surface area (Å²) in [5.74, 6) is 0.0612. The zero-order chi connectivity index (χ0) is 19.3. The average Bonchev–Trinajstić information content (AvgIpc) is 2.99. The lowest BCUT2D eigenvalue weighted by Gasteiger charge is -2.42. The Bertz CT molecular complexity index is 827. The van der Waals surface area contributed by atoms with Gasteiger partial charge < -0.3 is 10.2 Å². The molecule has 1 aromatic carbocycles. The number of likely N-dealkylation sites (tertiary alicyclic amines) is 1. The van der Waals surface area contributed by atoms with Crippen LogP contribution in [0.15, 0.2) is 18.2 Å². The van der Waals surface area contributed by atoms with Crippen LogP contribution in [0, 0.1) is 5.92 Å². The molecule has 3 saturated heterocycles. The second-order valence-electron chi connectivity index (χ2n) is 8.58. The van der Waals surface area contributed by atoms with E-state index in [0.717, 1.165) is 37.7 Å². The van der Waals surface area contributed by atoms with E-state index in [4.69, 9.17) is 0 Å². The molecule has 3 unspecified atom stereocenters. The van der Waals surface area contributed by atoms with E-state index < -0.39 is 6.04 Å². The monoisotopic (exact) mass is 382 g/mol. The number of benzene rings is 1. The van der Waals surface area contributed by atoms with Gasteiger partial charge in [-0.05, 0) is 48.9 Å². The molecule has 4 heterocycles. The normalized spacial score (nSPS) is 30.4. The van der Waals surface area contributed by atoms with Crippen LogP contribution in [0.25, 0.3) is 0 Å². The summed E-state index contributed by atoms with van der Waals surface area (Å²) in [7, 11) is 0. The highest BCUT2D eigenvalue weighted by atomic mass is 16.2. The molecule has 2 bridgehead atoms. The number of carbonyl (C=O) groups is 3. The number of amides is 3. The summed E-state index contributed by atoms with van der Waals surface area (Å²) in [6, 6.07) is 5.94. The molecule has 1 aromatic rings. The number of nitrogens with zero attached hydrogens (tertiary/aromatic N) is 2. The molecule has 0 aliphatic carbocycles. The molecule has 0 aromatic heterocycles. The van der Waals surface area contributed by atoms with Crippen molar-refractivity contribution in [3.8, 4) is 0 Å². The molecule has 0 radical (unpaired) electrons. The van der Waals surface area contributed by atoms with Crippen LogP contribution < -0.4 is 10.6 Å². The first-order valence-corrected chi connectivity index (χ1v) is 10.3. The summed E-state index contributed by atoms with van der Waals surface area (Å²) < 4.78 is 0. The third-order valence-corrected chi connectivity index (χ3v) is 6.67. The van der Waals surface area contributed by atoms with Crippen LogP contribution in [0.4, 0.5) is 0 Å². The molecule has 0 saturated carbocycles. The molecule has 148 valence electrons. The summed E-state index contributed by atoms with van der Waals surface area (Å²) in [5, 5.41) is 5.98. The van der Waals surface area contributed by atoms with E-state index in [1.807, 2.05) is 12.1 Å². The molecule has 28 heavy (non-hydrogen) atoms. The van der Waals surface area contributed by atoms with Crippen molar-refractivity contribution in [2.24, 2.45) is 5.92 Å². The van der Waals surface area contributed by atoms with Crippen LogP contribution in [-0.2, 0) is 22.7 Å². The minimum Gasteiger partial charge on any atom is -0.322 e. The number of fused-ring (bicyclic) bond motifs is 3. The van der Waals surface area contributed by atoms with Crippen molar-refractivity contribution in [3.05, 3.63) is 34.9 Å². The van der Waals surface area contributed by atoms with Gasteiger partial charge in [-0.2, -0.15) is 0 Å². The Morgan fingerprint density at radius 3 is 2.82 bits per heavy atom. The molecule has 0 spiro atoms. The molecule has 4 aliphatic heterocycles. The van der Waals surface area contributed by atoms with Crippen LogP contribution in [0.5, 0.6) is 0 Å². The first-order chi connectivity index (χ1) is 13.6. The van der Waals surface area contributed by atoms with E-state index in [2.05, 4.69) is 21.6 Å². The maximum absolute atomic E-state index is 13.0. The van der Waals surface area contributed by atoms with E-state index in [9.17, 15) is 14.4 Å². The number of rotatable bonds is 3. The predicted molar refractivity (Wildman–Crippen MR) is 102 cm³/mol. The average molecular weight is 382 g/mol. The number of nitrogens with one attached hydrogen (secondary N) is 2. The molecular weight excluding hydrogens is 356 g/mol. The first-order valence-electron chi connectivity index (χ1n) is 10.3. The summed E-state index contributed by atoms with van der Waals surface area (Å²) in [6.07, 6.45) is 3.20. The fraction of sp³-hybridized carbons (Fsp3) is 0.571. The smallest absolute Gasteiger partial charge is 0.255 e. The number of hydrogen-bond acceptors (Lipinski definition) is 5. The van der Waals surface area contributed by atoms with E-state index in [1.54, 1.807) is 4.90 Å². The molecule has 3 amide bonds. The molecule has 7 nitrogen and oxygen atoms in total. The van der Waals surface area contributed by atoms with Gasteiger partial charge in [-0.3, -0.25) is 24.6 Å². The third kappa shape index (κ3) is 3.12. The first kappa shape index (κ1) is 17.8. The van der Waals surface area contributed by atoms with Crippen LogP contribution in [-0.4, -0.2) is 59.2 Å². The Balaban J connectivity index is 1.35. The van der Waals surface area contributed by atoms with Crippen molar-refractivity contribution in [1.29, 1.82) is 0 Å². The SMILES string of the molecule is O=C1CCC(N2Cc3c(CN4CC5CCNC(C5)C4)cccc3C2=O)C(=O)N1. The zero-order valence-electron chi connectivity index (χ0n) is 15.9. The molecule has 4 aliphatic rings. The van der Waals surface area contributed by atoms with Crippen molar-refractivity contribution in [3.63, 3.8) is 0 Å². The highest BCUT2D eigenvalue weighted by Gasteiger charge is 2.40. The van der Waals surface area contributed by atoms with Crippen LogP contribution >= 0.6 is 0 Å². The van der Waals surface area contributed by atoms with Gasteiger partial charge in [0.25, 0.3) is 5.91 Å². The summed E-state index contributed by atoms with van der Waals surface area (Å²) in [4.78, 5) is 40.8. The van der Waals surface area contributed by atoms with Gasteiger partial charge in [0.05, 0.1) is 0 Å². The van der Waals surface area contributed by atoms with Crippen LogP contribution in [0.1, 0.15) is 47.2 Å².